The minimum absolute atomic E-state index is 0.530. The van der Waals surface area contributed by atoms with Gasteiger partial charge in [-0.05, 0) is 0 Å². The molecule has 0 aromatic heterocycles. The van der Waals surface area contributed by atoms with Crippen LogP contribution < -0.4 is 0 Å². The number of allylic oxidation sites excluding steroid dienone is 2. The van der Waals surface area contributed by atoms with Gasteiger partial charge in [0.1, 0.15) is 0 Å². The third-order valence-electron chi connectivity index (χ3n) is 8.03. The predicted octanol–water partition coefficient (Wildman–Crippen LogP) is 9.47. The second-order valence-electron chi connectivity index (χ2n) is 9.94. The van der Waals surface area contributed by atoms with Gasteiger partial charge in [0.25, 0.3) is 0 Å². The maximum atomic E-state index is 5.12. The van der Waals surface area contributed by atoms with Crippen LogP contribution in [0.25, 0.3) is 34.4 Å². The van der Waals surface area contributed by atoms with Gasteiger partial charge in [-0.25, -0.2) is 0 Å². The molecule has 0 amide bonds. The number of hydrogen-bond donors (Lipinski definition) is 0. The van der Waals surface area contributed by atoms with Crippen LogP contribution in [0, 0.1) is 0 Å². The molecule has 2 unspecified atom stereocenters. The first-order valence-corrected chi connectivity index (χ1v) is 17.7. The van der Waals surface area contributed by atoms with E-state index in [1.165, 1.54) is 44.5 Å². The van der Waals surface area contributed by atoms with Crippen molar-refractivity contribution < 1.29 is 21.3 Å². The average molecular weight is 544 g/mol. The third-order valence-corrected chi connectivity index (χ3v) is 15.0. The fourth-order valence-corrected chi connectivity index (χ4v) is 14.1. The molecule has 4 aromatic rings. The van der Waals surface area contributed by atoms with E-state index in [4.69, 9.17) is 4.21 Å². The van der Waals surface area contributed by atoms with E-state index in [0.29, 0.717) is 7.25 Å². The molecule has 0 N–H and O–H groups in total. The van der Waals surface area contributed by atoms with Gasteiger partial charge in [-0.2, -0.15) is 0 Å². The van der Waals surface area contributed by atoms with Crippen LogP contribution in [0.2, 0.25) is 0 Å². The summed E-state index contributed by atoms with van der Waals surface area (Å²) in [6.07, 6.45) is 7.23. The Morgan fingerprint density at radius 3 is 1.36 bits per heavy atom. The summed E-state index contributed by atoms with van der Waals surface area (Å²) >= 11 is -2.29. The molecule has 4 aromatic carbocycles. The Balaban J connectivity index is 1.45. The van der Waals surface area contributed by atoms with Crippen molar-refractivity contribution in [3.05, 3.63) is 130 Å². The summed E-state index contributed by atoms with van der Waals surface area (Å²) in [5, 5.41) is 0. The molecular weight excluding hydrogens is 512 g/mol. The molecule has 0 spiro atoms. The second-order valence-corrected chi connectivity index (χ2v) is 15.6. The quantitative estimate of drug-likeness (QED) is 0.227. The summed E-state index contributed by atoms with van der Waals surface area (Å²) in [7, 11) is 0. The molecule has 0 saturated carbocycles. The molecular formula is C35H32Zr. The van der Waals surface area contributed by atoms with Crippen LogP contribution >= 0.6 is 0 Å². The standard InChI is InChI=1S/2C17H15.CH2.Zr/c2*1-2-13-11-15-9-6-10-16(17(15)12-13)14-7-4-3-5-8-14;;/h2*3-12H,2H2,1H3;1H2;. The van der Waals surface area contributed by atoms with Crippen molar-refractivity contribution in [3.8, 4) is 22.3 Å². The van der Waals surface area contributed by atoms with Gasteiger partial charge in [0.2, 0.25) is 0 Å². The predicted molar refractivity (Wildman–Crippen MR) is 153 cm³/mol. The van der Waals surface area contributed by atoms with E-state index in [0.717, 1.165) is 12.8 Å². The zero-order valence-electron chi connectivity index (χ0n) is 21.2. The van der Waals surface area contributed by atoms with Gasteiger partial charge < -0.3 is 0 Å². The molecule has 0 bridgehead atoms. The van der Waals surface area contributed by atoms with Gasteiger partial charge in [-0.1, -0.05) is 0 Å². The SMILES string of the molecule is [CH2]=[Zr]([CH]1C(CC)=Cc2c(-c3ccccc3)cccc21)[CH]1C(CC)=Cc2c(-c3ccccc3)cccc21. The van der Waals surface area contributed by atoms with Gasteiger partial charge in [0.05, 0.1) is 0 Å². The monoisotopic (exact) mass is 542 g/mol. The third kappa shape index (κ3) is 3.89. The van der Waals surface area contributed by atoms with E-state index in [2.05, 4.69) is 123 Å². The molecule has 0 fully saturated rings. The van der Waals surface area contributed by atoms with Gasteiger partial charge in [0, 0.05) is 0 Å². The first kappa shape index (κ1) is 23.5. The minimum atomic E-state index is -2.29. The summed E-state index contributed by atoms with van der Waals surface area (Å²) in [6.45, 7) is 4.66. The first-order valence-electron chi connectivity index (χ1n) is 13.2. The Hall–Kier alpha value is -2.89. The summed E-state index contributed by atoms with van der Waals surface area (Å²) in [4.78, 5) is 0. The van der Waals surface area contributed by atoms with Gasteiger partial charge in [0.15, 0.2) is 0 Å². The second kappa shape index (κ2) is 9.87. The molecule has 0 saturated heterocycles. The molecule has 0 aliphatic heterocycles. The van der Waals surface area contributed by atoms with Gasteiger partial charge >= 0.3 is 224 Å². The average Bonchev–Trinajstić information content (AvgIpc) is 3.52. The molecule has 2 aliphatic rings. The normalized spacial score (nSPS) is 17.8. The van der Waals surface area contributed by atoms with Crippen LogP contribution in [0.1, 0.15) is 56.2 Å². The fourth-order valence-electron chi connectivity index (χ4n) is 6.32. The first-order chi connectivity index (χ1) is 17.7. The van der Waals surface area contributed by atoms with Crippen molar-refractivity contribution in [2.75, 3.05) is 0 Å². The molecule has 6 rings (SSSR count). The Kier molecular flexibility index (Phi) is 6.45. The zero-order chi connectivity index (χ0) is 24.6. The van der Waals surface area contributed by atoms with Crippen LogP contribution in [0.4, 0.5) is 0 Å². The summed E-state index contributed by atoms with van der Waals surface area (Å²) < 4.78 is 6.18. The van der Waals surface area contributed by atoms with E-state index in [1.807, 2.05) is 0 Å². The summed E-state index contributed by atoms with van der Waals surface area (Å²) in [6, 6.07) is 35.6. The van der Waals surface area contributed by atoms with E-state index in [1.54, 1.807) is 11.1 Å². The van der Waals surface area contributed by atoms with Crippen LogP contribution in [0.15, 0.2) is 108 Å². The number of benzene rings is 4. The van der Waals surface area contributed by atoms with E-state index in [-0.39, 0.29) is 0 Å². The van der Waals surface area contributed by atoms with Crippen LogP contribution in [-0.2, 0) is 21.3 Å². The zero-order valence-corrected chi connectivity index (χ0v) is 23.6. The molecule has 0 heterocycles. The van der Waals surface area contributed by atoms with Crippen molar-refractivity contribution in [2.45, 2.75) is 33.9 Å². The van der Waals surface area contributed by atoms with E-state index >= 15 is 0 Å². The fraction of sp³-hybridized carbons (Fsp3) is 0.171. The molecule has 2 aliphatic carbocycles. The number of hydrogen-bond acceptors (Lipinski definition) is 0. The Morgan fingerprint density at radius 1 is 0.556 bits per heavy atom. The molecule has 0 nitrogen and oxygen atoms in total. The molecule has 0 radical (unpaired) electrons. The Labute approximate surface area is 223 Å². The van der Waals surface area contributed by atoms with Crippen LogP contribution in [-0.4, -0.2) is 4.21 Å². The van der Waals surface area contributed by atoms with Crippen molar-refractivity contribution >= 4 is 16.4 Å². The van der Waals surface area contributed by atoms with Crippen molar-refractivity contribution in [2.24, 2.45) is 0 Å². The Morgan fingerprint density at radius 2 is 0.972 bits per heavy atom. The van der Waals surface area contributed by atoms with E-state index in [9.17, 15) is 0 Å². The number of fused-ring (bicyclic) bond motifs is 2. The van der Waals surface area contributed by atoms with Crippen LogP contribution in [0.5, 0.6) is 0 Å². The molecule has 1 heteroatoms. The Bertz CT molecular complexity index is 1390. The van der Waals surface area contributed by atoms with Crippen LogP contribution in [0.3, 0.4) is 0 Å². The van der Waals surface area contributed by atoms with Gasteiger partial charge in [-0.15, -0.1) is 0 Å². The molecule has 176 valence electrons. The maximum absolute atomic E-state index is 5.12. The van der Waals surface area contributed by atoms with Crippen molar-refractivity contribution in [3.63, 3.8) is 0 Å². The van der Waals surface area contributed by atoms with Gasteiger partial charge in [-0.3, -0.25) is 0 Å². The number of rotatable bonds is 6. The topological polar surface area (TPSA) is 0 Å². The van der Waals surface area contributed by atoms with Crippen molar-refractivity contribution in [1.82, 2.24) is 0 Å². The van der Waals surface area contributed by atoms with E-state index < -0.39 is 21.3 Å². The van der Waals surface area contributed by atoms with Crippen molar-refractivity contribution in [1.29, 1.82) is 0 Å². The summed E-state index contributed by atoms with van der Waals surface area (Å²) in [5.41, 5.74) is 14.5. The summed E-state index contributed by atoms with van der Waals surface area (Å²) in [5.74, 6) is 0. The molecule has 36 heavy (non-hydrogen) atoms. The molecule has 2 atom stereocenters.